The molecule has 8 heteroatoms. The van der Waals surface area contributed by atoms with E-state index < -0.39 is 0 Å². The monoisotopic (exact) mass is 458 g/mol. The zero-order valence-corrected chi connectivity index (χ0v) is 20.1. The van der Waals surface area contributed by atoms with E-state index in [1.165, 1.54) is 12.8 Å². The molecule has 2 amide bonds. The van der Waals surface area contributed by atoms with Crippen LogP contribution in [0.5, 0.6) is 11.5 Å². The maximum Gasteiger partial charge on any atom is 0.254 e. The van der Waals surface area contributed by atoms with E-state index in [9.17, 15) is 9.59 Å². The minimum atomic E-state index is -0.0907. The summed E-state index contributed by atoms with van der Waals surface area (Å²) in [5.74, 6) is 1.89. The number of likely N-dealkylation sites (N-methyl/N-ethyl adjacent to an activating group) is 1. The highest BCUT2D eigenvalue weighted by Gasteiger charge is 2.37. The number of nitrogens with one attached hydrogen (secondary N) is 1. The van der Waals surface area contributed by atoms with Crippen LogP contribution in [-0.4, -0.2) is 91.7 Å². The predicted molar refractivity (Wildman–Crippen MR) is 127 cm³/mol. The normalized spacial score (nSPS) is 19.8. The van der Waals surface area contributed by atoms with Crippen molar-refractivity contribution in [1.82, 2.24) is 20.0 Å². The molecule has 2 fully saturated rings. The number of ether oxygens (including phenoxy) is 2. The van der Waals surface area contributed by atoms with Crippen molar-refractivity contribution in [3.05, 3.63) is 23.8 Å². The third-order valence-corrected chi connectivity index (χ3v) is 7.35. The zero-order valence-electron chi connectivity index (χ0n) is 20.1. The van der Waals surface area contributed by atoms with E-state index in [-0.39, 0.29) is 24.6 Å². The Balaban J connectivity index is 1.34. The number of hydrogen-bond acceptors (Lipinski definition) is 6. The summed E-state index contributed by atoms with van der Waals surface area (Å²) in [6, 6.07) is 5.27. The third-order valence-electron chi connectivity index (χ3n) is 7.35. The second-order valence-electron chi connectivity index (χ2n) is 9.20. The number of nitrogens with zero attached hydrogens (tertiary/aromatic N) is 3. The molecule has 2 aliphatic heterocycles. The molecule has 1 saturated heterocycles. The van der Waals surface area contributed by atoms with Crippen molar-refractivity contribution >= 4 is 11.8 Å². The van der Waals surface area contributed by atoms with E-state index in [1.54, 1.807) is 18.2 Å². The fourth-order valence-corrected chi connectivity index (χ4v) is 5.35. The number of piperazine rings is 1. The Hall–Kier alpha value is -2.32. The lowest BCUT2D eigenvalue weighted by molar-refractivity contribution is -0.129. The second-order valence-corrected chi connectivity index (χ2v) is 9.20. The molecule has 2 heterocycles. The summed E-state index contributed by atoms with van der Waals surface area (Å²) in [5, 5.41) is 3.21. The van der Waals surface area contributed by atoms with Crippen LogP contribution >= 0.6 is 0 Å². The summed E-state index contributed by atoms with van der Waals surface area (Å²) in [5.41, 5.74) is 0.620. The first-order valence-electron chi connectivity index (χ1n) is 12.5. The van der Waals surface area contributed by atoms with Crippen LogP contribution in [0.25, 0.3) is 0 Å². The largest absolute Gasteiger partial charge is 0.454 e. The van der Waals surface area contributed by atoms with Crippen LogP contribution in [0.4, 0.5) is 0 Å². The van der Waals surface area contributed by atoms with Crippen LogP contribution in [0.2, 0.25) is 0 Å². The molecule has 1 N–H and O–H groups in total. The highest BCUT2D eigenvalue weighted by atomic mass is 16.7. The molecule has 33 heavy (non-hydrogen) atoms. The quantitative estimate of drug-likeness (QED) is 0.612. The Morgan fingerprint density at radius 3 is 2.45 bits per heavy atom. The minimum absolute atomic E-state index is 0.00837. The van der Waals surface area contributed by atoms with Gasteiger partial charge in [-0.25, -0.2) is 0 Å². The van der Waals surface area contributed by atoms with E-state index in [2.05, 4.69) is 29.0 Å². The Kier molecular flexibility index (Phi) is 8.09. The molecular weight excluding hydrogens is 420 g/mol. The number of carbonyl (C=O) groups is 2. The maximum absolute atomic E-state index is 13.3. The Labute approximate surface area is 197 Å². The summed E-state index contributed by atoms with van der Waals surface area (Å²) in [7, 11) is 0. The molecule has 1 aromatic rings. The number of benzene rings is 1. The van der Waals surface area contributed by atoms with Crippen LogP contribution in [0, 0.1) is 5.92 Å². The number of carbonyl (C=O) groups excluding carboxylic acids is 2. The predicted octanol–water partition coefficient (Wildman–Crippen LogP) is 2.19. The molecule has 3 aliphatic rings. The van der Waals surface area contributed by atoms with Gasteiger partial charge in [-0.3, -0.25) is 14.5 Å². The van der Waals surface area contributed by atoms with E-state index in [0.717, 1.165) is 45.6 Å². The van der Waals surface area contributed by atoms with Crippen molar-refractivity contribution in [3.8, 4) is 11.5 Å². The molecule has 0 radical (unpaired) electrons. The average molecular weight is 459 g/mol. The molecule has 0 bridgehead atoms. The fraction of sp³-hybridized carbons (Fsp3) is 0.680. The van der Waals surface area contributed by atoms with Crippen LogP contribution in [-0.2, 0) is 4.79 Å². The summed E-state index contributed by atoms with van der Waals surface area (Å²) in [4.78, 5) is 32.8. The summed E-state index contributed by atoms with van der Waals surface area (Å²) in [6.45, 7) is 10.8. The molecule has 8 nitrogen and oxygen atoms in total. The fourth-order valence-electron chi connectivity index (χ4n) is 5.35. The van der Waals surface area contributed by atoms with Gasteiger partial charge in [-0.1, -0.05) is 26.7 Å². The lowest BCUT2D eigenvalue weighted by Crippen LogP contribution is -2.58. The summed E-state index contributed by atoms with van der Waals surface area (Å²) < 4.78 is 10.8. The van der Waals surface area contributed by atoms with Gasteiger partial charge in [0.15, 0.2) is 11.5 Å². The first-order chi connectivity index (χ1) is 16.1. The minimum Gasteiger partial charge on any atom is -0.454 e. The van der Waals surface area contributed by atoms with Gasteiger partial charge < -0.3 is 24.6 Å². The summed E-state index contributed by atoms with van der Waals surface area (Å²) in [6.07, 6.45) is 4.64. The highest BCUT2D eigenvalue weighted by Crippen LogP contribution is 2.33. The molecule has 1 atom stereocenters. The summed E-state index contributed by atoms with van der Waals surface area (Å²) >= 11 is 0. The number of amides is 2. The first kappa shape index (κ1) is 23.8. The molecule has 0 spiro atoms. The van der Waals surface area contributed by atoms with Crippen molar-refractivity contribution in [2.75, 3.05) is 59.2 Å². The first-order valence-corrected chi connectivity index (χ1v) is 12.5. The van der Waals surface area contributed by atoms with Gasteiger partial charge in [-0.05, 0) is 50.0 Å². The van der Waals surface area contributed by atoms with Gasteiger partial charge in [-0.15, -0.1) is 0 Å². The van der Waals surface area contributed by atoms with E-state index >= 15 is 0 Å². The smallest absolute Gasteiger partial charge is 0.254 e. The van der Waals surface area contributed by atoms with Gasteiger partial charge in [-0.2, -0.15) is 0 Å². The number of fused-ring (bicyclic) bond motifs is 1. The van der Waals surface area contributed by atoms with E-state index in [0.29, 0.717) is 42.6 Å². The maximum atomic E-state index is 13.3. The van der Waals surface area contributed by atoms with Crippen LogP contribution in [0.15, 0.2) is 18.2 Å². The van der Waals surface area contributed by atoms with Crippen LogP contribution < -0.4 is 14.8 Å². The van der Waals surface area contributed by atoms with Gasteiger partial charge in [0.05, 0.1) is 6.04 Å². The molecule has 1 unspecified atom stereocenters. The van der Waals surface area contributed by atoms with Gasteiger partial charge in [0.1, 0.15) is 0 Å². The highest BCUT2D eigenvalue weighted by molar-refractivity contribution is 5.95. The van der Waals surface area contributed by atoms with Crippen molar-refractivity contribution < 1.29 is 19.1 Å². The lowest BCUT2D eigenvalue weighted by atomic mass is 9.95. The van der Waals surface area contributed by atoms with Crippen molar-refractivity contribution in [2.45, 2.75) is 45.6 Å². The number of rotatable bonds is 9. The van der Waals surface area contributed by atoms with Crippen molar-refractivity contribution in [1.29, 1.82) is 0 Å². The van der Waals surface area contributed by atoms with Crippen molar-refractivity contribution in [2.24, 2.45) is 5.92 Å². The van der Waals surface area contributed by atoms with Gasteiger partial charge in [0.25, 0.3) is 5.91 Å². The second kappa shape index (κ2) is 11.2. The third kappa shape index (κ3) is 5.61. The lowest BCUT2D eigenvalue weighted by Gasteiger charge is -2.40. The van der Waals surface area contributed by atoms with E-state index in [4.69, 9.17) is 9.47 Å². The zero-order chi connectivity index (χ0) is 23.2. The molecule has 0 aromatic heterocycles. The Morgan fingerprint density at radius 1 is 1.06 bits per heavy atom. The number of hydrogen-bond donors (Lipinski definition) is 1. The van der Waals surface area contributed by atoms with Crippen molar-refractivity contribution in [3.63, 3.8) is 0 Å². The van der Waals surface area contributed by atoms with Gasteiger partial charge in [0, 0.05) is 44.8 Å². The Morgan fingerprint density at radius 2 is 1.76 bits per heavy atom. The molecule has 1 aliphatic carbocycles. The average Bonchev–Trinajstić information content (AvgIpc) is 3.54. The topological polar surface area (TPSA) is 74.4 Å². The van der Waals surface area contributed by atoms with Crippen LogP contribution in [0.3, 0.4) is 0 Å². The van der Waals surface area contributed by atoms with Gasteiger partial charge >= 0.3 is 0 Å². The molecule has 4 rings (SSSR count). The van der Waals surface area contributed by atoms with E-state index in [1.807, 2.05) is 4.90 Å². The van der Waals surface area contributed by atoms with Crippen LogP contribution in [0.1, 0.15) is 49.9 Å². The Bertz CT molecular complexity index is 815. The molecule has 1 saturated carbocycles. The molecular formula is C25H38N4O4. The van der Waals surface area contributed by atoms with Gasteiger partial charge in [0.2, 0.25) is 12.7 Å². The SMILES string of the molecule is CCN(CC)CCNC(=O)C(C1CCCC1)N1CCN(C(=O)c2ccc3c(c2)OCO3)CC1. The molecule has 182 valence electrons. The standard InChI is InChI=1S/C25H38N4O4/c1-3-27(4-2)12-11-26-24(30)23(19-7-5-6-8-19)28-13-15-29(16-14-28)25(31)20-9-10-21-22(17-20)33-18-32-21/h9-10,17,19,23H,3-8,11-16,18H2,1-2H3,(H,26,30). The molecule has 1 aromatic carbocycles.